The van der Waals surface area contributed by atoms with Gasteiger partial charge >= 0.3 is 5.97 Å². The molecule has 3 rings (SSSR count). The molecule has 0 spiro atoms. The number of ether oxygens (including phenoxy) is 1. The maximum atomic E-state index is 15.3. The molecule has 39 heavy (non-hydrogen) atoms. The summed E-state index contributed by atoms with van der Waals surface area (Å²) in [6.07, 6.45) is 0.558. The Morgan fingerprint density at radius 2 is 1.62 bits per heavy atom. The number of hydrogen-bond donors (Lipinski definition) is 1. The van der Waals surface area contributed by atoms with E-state index in [0.717, 1.165) is 0 Å². The fourth-order valence-electron chi connectivity index (χ4n) is 3.93. The number of hydrogen-bond acceptors (Lipinski definition) is 7. The van der Waals surface area contributed by atoms with E-state index in [4.69, 9.17) is 4.74 Å². The largest absolute Gasteiger partial charge is 0.460 e. The SMILES string of the molecule is Cc1ccc(C(=C(/C=C/C(O)CC(=O)CC(=O)OC(C)(C)C)c2nnnn2C)c2ccc(C)cc2F)c(F)c1. The summed E-state index contributed by atoms with van der Waals surface area (Å²) in [7, 11) is 1.57. The van der Waals surface area contributed by atoms with Crippen LogP contribution in [-0.2, 0) is 21.4 Å². The van der Waals surface area contributed by atoms with Crippen molar-refractivity contribution in [3.63, 3.8) is 0 Å². The highest BCUT2D eigenvalue weighted by Crippen LogP contribution is 2.35. The first-order valence-corrected chi connectivity index (χ1v) is 12.3. The monoisotopic (exact) mass is 538 g/mol. The number of Topliss-reactive ketones (excluding diaryl/α,β-unsaturated/α-hetero) is 1. The lowest BCUT2D eigenvalue weighted by Crippen LogP contribution is -2.26. The number of aliphatic hydroxyl groups is 1. The van der Waals surface area contributed by atoms with Gasteiger partial charge in [0.05, 0.1) is 6.10 Å². The van der Waals surface area contributed by atoms with Gasteiger partial charge in [0.2, 0.25) is 0 Å². The molecule has 1 unspecified atom stereocenters. The van der Waals surface area contributed by atoms with Gasteiger partial charge in [-0.25, -0.2) is 13.5 Å². The van der Waals surface area contributed by atoms with Gasteiger partial charge in [-0.1, -0.05) is 36.4 Å². The molecule has 206 valence electrons. The number of benzene rings is 2. The fourth-order valence-corrected chi connectivity index (χ4v) is 3.93. The molecule has 2 aromatic carbocycles. The molecule has 0 fully saturated rings. The quantitative estimate of drug-likeness (QED) is 0.240. The molecular weight excluding hydrogens is 506 g/mol. The Morgan fingerprint density at radius 1 is 1.05 bits per heavy atom. The maximum absolute atomic E-state index is 15.3. The Balaban J connectivity index is 2.09. The van der Waals surface area contributed by atoms with Crippen LogP contribution >= 0.6 is 0 Å². The first-order chi connectivity index (χ1) is 18.2. The molecule has 0 aliphatic rings. The summed E-state index contributed by atoms with van der Waals surface area (Å²) in [5.41, 5.74) is 1.18. The van der Waals surface area contributed by atoms with E-state index in [0.29, 0.717) is 11.1 Å². The van der Waals surface area contributed by atoms with Crippen LogP contribution in [0.15, 0.2) is 48.6 Å². The molecule has 1 heterocycles. The van der Waals surface area contributed by atoms with Crippen LogP contribution in [0.1, 0.15) is 61.7 Å². The van der Waals surface area contributed by atoms with Gasteiger partial charge in [-0.2, -0.15) is 0 Å². The first kappa shape index (κ1) is 29.5. The van der Waals surface area contributed by atoms with Crippen LogP contribution < -0.4 is 0 Å². The number of halogens is 2. The average Bonchev–Trinajstić information content (AvgIpc) is 3.22. The van der Waals surface area contributed by atoms with Crippen LogP contribution in [0.25, 0.3) is 11.1 Å². The third-order valence-corrected chi connectivity index (χ3v) is 5.60. The minimum Gasteiger partial charge on any atom is -0.460 e. The van der Waals surface area contributed by atoms with Gasteiger partial charge in [-0.3, -0.25) is 9.59 Å². The molecule has 0 radical (unpaired) electrons. The summed E-state index contributed by atoms with van der Waals surface area (Å²) in [5, 5.41) is 22.1. The Bertz CT molecular complexity index is 1380. The second-order valence-electron chi connectivity index (χ2n) is 10.3. The molecule has 0 saturated heterocycles. The van der Waals surface area contributed by atoms with Crippen LogP contribution in [0.2, 0.25) is 0 Å². The normalized spacial score (nSPS) is 12.4. The van der Waals surface area contributed by atoms with E-state index in [-0.39, 0.29) is 34.5 Å². The molecule has 8 nitrogen and oxygen atoms in total. The fraction of sp³-hybridized carbons (Fsp3) is 0.345. The van der Waals surface area contributed by atoms with E-state index < -0.39 is 41.5 Å². The Labute approximate surface area is 226 Å². The molecule has 0 bridgehead atoms. The number of carbonyl (C=O) groups excluding carboxylic acids is 2. The second kappa shape index (κ2) is 12.2. The number of aliphatic hydroxyl groups excluding tert-OH is 1. The van der Waals surface area contributed by atoms with Crippen molar-refractivity contribution in [2.24, 2.45) is 7.05 Å². The van der Waals surface area contributed by atoms with E-state index >= 15 is 8.78 Å². The highest BCUT2D eigenvalue weighted by molar-refractivity contribution is 6.01. The molecule has 0 amide bonds. The lowest BCUT2D eigenvalue weighted by Gasteiger charge is -2.19. The lowest BCUT2D eigenvalue weighted by molar-refractivity contribution is -0.156. The third-order valence-electron chi connectivity index (χ3n) is 5.60. The molecule has 0 aliphatic carbocycles. The van der Waals surface area contributed by atoms with Crippen molar-refractivity contribution in [2.75, 3.05) is 0 Å². The molecule has 0 saturated carbocycles. The summed E-state index contributed by atoms with van der Waals surface area (Å²) in [4.78, 5) is 24.3. The number of aromatic nitrogens is 4. The Morgan fingerprint density at radius 3 is 2.08 bits per heavy atom. The molecule has 1 N–H and O–H groups in total. The van der Waals surface area contributed by atoms with Crippen LogP contribution in [-0.4, -0.2) is 48.8 Å². The third kappa shape index (κ3) is 7.97. The molecule has 3 aromatic rings. The van der Waals surface area contributed by atoms with Gasteiger partial charge in [0.25, 0.3) is 0 Å². The molecule has 0 aliphatic heterocycles. The number of esters is 1. The highest BCUT2D eigenvalue weighted by Gasteiger charge is 2.23. The zero-order valence-electron chi connectivity index (χ0n) is 22.8. The summed E-state index contributed by atoms with van der Waals surface area (Å²) >= 11 is 0. The number of rotatable bonds is 9. The summed E-state index contributed by atoms with van der Waals surface area (Å²) in [6, 6.07) is 9.15. The van der Waals surface area contributed by atoms with E-state index in [1.54, 1.807) is 53.8 Å². The van der Waals surface area contributed by atoms with Gasteiger partial charge in [0.1, 0.15) is 29.4 Å². The predicted molar refractivity (Wildman–Crippen MR) is 142 cm³/mol. The number of allylic oxidation sites excluding steroid dienone is 2. The number of ketones is 1. The van der Waals surface area contributed by atoms with Crippen LogP contribution in [0.5, 0.6) is 0 Å². The van der Waals surface area contributed by atoms with Crippen molar-refractivity contribution < 1.29 is 28.2 Å². The Kier molecular flexibility index (Phi) is 9.24. The summed E-state index contributed by atoms with van der Waals surface area (Å²) in [5.74, 6) is -2.21. The van der Waals surface area contributed by atoms with Crippen molar-refractivity contribution in [2.45, 2.75) is 59.2 Å². The Hall–Kier alpha value is -4.05. The molecule has 1 atom stereocenters. The molecule has 1 aromatic heterocycles. The number of aryl methyl sites for hydroxylation is 3. The van der Waals surface area contributed by atoms with Gasteiger partial charge in [-0.15, -0.1) is 5.10 Å². The summed E-state index contributed by atoms with van der Waals surface area (Å²) in [6.45, 7) is 8.54. The van der Waals surface area contributed by atoms with Gasteiger partial charge in [-0.05, 0) is 68.3 Å². The average molecular weight is 539 g/mol. The number of tetrazole rings is 1. The standard InChI is InChI=1S/C29H32F2N4O4/c1-17-7-10-21(24(30)13-17)27(22-11-8-18(2)14-25(22)31)23(28-32-33-34-35(28)6)12-9-19(36)15-20(37)16-26(38)39-29(3,4)5/h7-14,19,36H,15-16H2,1-6H3/b12-9+. The van der Waals surface area contributed by atoms with E-state index in [2.05, 4.69) is 15.5 Å². The van der Waals surface area contributed by atoms with E-state index in [9.17, 15) is 14.7 Å². The zero-order chi connectivity index (χ0) is 28.9. The first-order valence-electron chi connectivity index (χ1n) is 12.3. The second-order valence-corrected chi connectivity index (χ2v) is 10.3. The van der Waals surface area contributed by atoms with Crippen LogP contribution in [0, 0.1) is 25.5 Å². The smallest absolute Gasteiger partial charge is 0.313 e. The number of carbonyl (C=O) groups is 2. The molecular formula is C29H32F2N4O4. The lowest BCUT2D eigenvalue weighted by atomic mass is 9.90. The van der Waals surface area contributed by atoms with Gasteiger partial charge in [0, 0.05) is 35.7 Å². The maximum Gasteiger partial charge on any atom is 0.313 e. The van der Waals surface area contributed by atoms with Crippen molar-refractivity contribution >= 4 is 22.9 Å². The van der Waals surface area contributed by atoms with Crippen molar-refractivity contribution in [3.05, 3.63) is 88.3 Å². The molecule has 10 heteroatoms. The van der Waals surface area contributed by atoms with Crippen LogP contribution in [0.4, 0.5) is 8.78 Å². The number of nitrogens with zero attached hydrogens (tertiary/aromatic N) is 4. The van der Waals surface area contributed by atoms with Crippen molar-refractivity contribution in [1.82, 2.24) is 20.2 Å². The highest BCUT2D eigenvalue weighted by atomic mass is 19.1. The predicted octanol–water partition coefficient (Wildman–Crippen LogP) is 4.67. The summed E-state index contributed by atoms with van der Waals surface area (Å²) < 4.78 is 37.2. The van der Waals surface area contributed by atoms with Crippen molar-refractivity contribution in [1.29, 1.82) is 0 Å². The minimum atomic E-state index is -1.30. The van der Waals surface area contributed by atoms with Gasteiger partial charge < -0.3 is 9.84 Å². The van der Waals surface area contributed by atoms with Gasteiger partial charge in [0.15, 0.2) is 5.82 Å². The van der Waals surface area contributed by atoms with Crippen molar-refractivity contribution in [3.8, 4) is 0 Å². The minimum absolute atomic E-state index is 0.0986. The van der Waals surface area contributed by atoms with E-state index in [1.165, 1.54) is 41.1 Å². The van der Waals surface area contributed by atoms with Crippen LogP contribution in [0.3, 0.4) is 0 Å². The van der Waals surface area contributed by atoms with E-state index in [1.807, 2.05) is 0 Å². The topological polar surface area (TPSA) is 107 Å². The zero-order valence-corrected chi connectivity index (χ0v) is 22.8.